The van der Waals surface area contributed by atoms with Crippen molar-refractivity contribution in [2.75, 3.05) is 6.54 Å². The third-order valence-electron chi connectivity index (χ3n) is 2.37. The van der Waals surface area contributed by atoms with E-state index in [0.717, 1.165) is 25.2 Å². The first-order valence-corrected chi connectivity index (χ1v) is 5.55. The zero-order valence-corrected chi connectivity index (χ0v) is 9.43. The smallest absolute Gasteiger partial charge is 0.0721 e. The summed E-state index contributed by atoms with van der Waals surface area (Å²) in [4.78, 5) is 4.15. The highest BCUT2D eigenvalue weighted by Crippen LogP contribution is 2.11. The normalized spacial score (nSPS) is 10.6. The molecular formula is C12H16N4. The quantitative estimate of drug-likeness (QED) is 0.774. The zero-order valence-electron chi connectivity index (χ0n) is 9.43. The van der Waals surface area contributed by atoms with Crippen molar-refractivity contribution in [1.82, 2.24) is 20.1 Å². The minimum Gasteiger partial charge on any atom is -0.313 e. The lowest BCUT2D eigenvalue weighted by atomic mass is 10.2. The average Bonchev–Trinajstić information content (AvgIpc) is 2.83. The summed E-state index contributed by atoms with van der Waals surface area (Å²) in [6.07, 6.45) is 8.54. The molecule has 0 radical (unpaired) electrons. The van der Waals surface area contributed by atoms with Gasteiger partial charge in [-0.3, -0.25) is 4.98 Å². The molecule has 0 aliphatic carbocycles. The second-order valence-electron chi connectivity index (χ2n) is 3.63. The molecule has 4 nitrogen and oxygen atoms in total. The highest BCUT2D eigenvalue weighted by atomic mass is 15.3. The third kappa shape index (κ3) is 2.46. The first kappa shape index (κ1) is 10.8. The fraction of sp³-hybridized carbons (Fsp3) is 0.333. The maximum absolute atomic E-state index is 4.24. The van der Waals surface area contributed by atoms with Crippen molar-refractivity contribution in [3.8, 4) is 5.69 Å². The molecule has 16 heavy (non-hydrogen) atoms. The van der Waals surface area contributed by atoms with E-state index in [4.69, 9.17) is 0 Å². The van der Waals surface area contributed by atoms with Crippen molar-refractivity contribution in [1.29, 1.82) is 0 Å². The Morgan fingerprint density at radius 1 is 1.38 bits per heavy atom. The molecule has 1 N–H and O–H groups in total. The second-order valence-corrected chi connectivity index (χ2v) is 3.63. The van der Waals surface area contributed by atoms with Crippen molar-refractivity contribution in [3.05, 3.63) is 42.5 Å². The van der Waals surface area contributed by atoms with Gasteiger partial charge in [-0.2, -0.15) is 5.10 Å². The first-order chi connectivity index (χ1) is 7.92. The molecule has 2 rings (SSSR count). The molecule has 0 unspecified atom stereocenters. The predicted octanol–water partition coefficient (Wildman–Crippen LogP) is 1.77. The molecule has 2 aromatic rings. The van der Waals surface area contributed by atoms with Gasteiger partial charge < -0.3 is 5.32 Å². The maximum atomic E-state index is 4.24. The van der Waals surface area contributed by atoms with Crippen LogP contribution in [0.4, 0.5) is 0 Å². The van der Waals surface area contributed by atoms with Crippen molar-refractivity contribution >= 4 is 0 Å². The lowest BCUT2D eigenvalue weighted by molar-refractivity contribution is 0.668. The van der Waals surface area contributed by atoms with Gasteiger partial charge in [0.05, 0.1) is 5.69 Å². The van der Waals surface area contributed by atoms with Gasteiger partial charge in [0.25, 0.3) is 0 Å². The Balaban J connectivity index is 2.18. The third-order valence-corrected chi connectivity index (χ3v) is 2.37. The minimum absolute atomic E-state index is 0.830. The van der Waals surface area contributed by atoms with E-state index in [2.05, 4.69) is 22.3 Å². The number of aromatic nitrogens is 3. The minimum atomic E-state index is 0.830. The van der Waals surface area contributed by atoms with Crippen molar-refractivity contribution in [3.63, 3.8) is 0 Å². The van der Waals surface area contributed by atoms with Gasteiger partial charge in [0.1, 0.15) is 0 Å². The summed E-state index contributed by atoms with van der Waals surface area (Å²) >= 11 is 0. The van der Waals surface area contributed by atoms with Gasteiger partial charge in [0, 0.05) is 36.9 Å². The van der Waals surface area contributed by atoms with Gasteiger partial charge in [-0.15, -0.1) is 0 Å². The highest BCUT2D eigenvalue weighted by molar-refractivity contribution is 5.37. The molecule has 84 valence electrons. The SMILES string of the molecule is CCCNCc1cnccc1-n1cccn1. The average molecular weight is 216 g/mol. The fourth-order valence-electron chi connectivity index (χ4n) is 1.59. The molecule has 0 spiro atoms. The molecule has 0 amide bonds. The molecule has 0 bridgehead atoms. The van der Waals surface area contributed by atoms with E-state index >= 15 is 0 Å². The van der Waals surface area contributed by atoms with Crippen LogP contribution in [0, 0.1) is 0 Å². The van der Waals surface area contributed by atoms with Crippen LogP contribution in [0.3, 0.4) is 0 Å². The molecule has 2 aromatic heterocycles. The summed E-state index contributed by atoms with van der Waals surface area (Å²) in [7, 11) is 0. The van der Waals surface area contributed by atoms with Gasteiger partial charge >= 0.3 is 0 Å². The Morgan fingerprint density at radius 2 is 2.31 bits per heavy atom. The second kappa shape index (κ2) is 5.42. The number of hydrogen-bond acceptors (Lipinski definition) is 3. The molecule has 0 aromatic carbocycles. The van der Waals surface area contributed by atoms with Crippen LogP contribution >= 0.6 is 0 Å². The standard InChI is InChI=1S/C12H16N4/c1-2-5-13-9-11-10-14-7-4-12(11)16-8-3-6-15-16/h3-4,6-8,10,13H,2,5,9H2,1H3. The lowest BCUT2D eigenvalue weighted by Gasteiger charge is -2.09. The van der Waals surface area contributed by atoms with E-state index in [1.54, 1.807) is 12.4 Å². The van der Waals surface area contributed by atoms with E-state index in [9.17, 15) is 0 Å². The van der Waals surface area contributed by atoms with Gasteiger partial charge in [-0.05, 0) is 25.1 Å². The molecular weight excluding hydrogens is 200 g/mol. The summed E-state index contributed by atoms with van der Waals surface area (Å²) in [5.41, 5.74) is 2.25. The Kier molecular flexibility index (Phi) is 3.66. The molecule has 0 fully saturated rings. The van der Waals surface area contributed by atoms with Crippen molar-refractivity contribution in [2.24, 2.45) is 0 Å². The highest BCUT2D eigenvalue weighted by Gasteiger charge is 2.03. The predicted molar refractivity (Wildman–Crippen MR) is 63.4 cm³/mol. The summed E-state index contributed by atoms with van der Waals surface area (Å²) in [6.45, 7) is 4.01. The summed E-state index contributed by atoms with van der Waals surface area (Å²) in [5, 5.41) is 7.61. The van der Waals surface area contributed by atoms with Gasteiger partial charge in [-0.25, -0.2) is 4.68 Å². The van der Waals surface area contributed by atoms with E-state index in [1.165, 1.54) is 5.56 Å². The van der Waals surface area contributed by atoms with Crippen molar-refractivity contribution < 1.29 is 0 Å². The number of rotatable bonds is 5. The number of nitrogens with zero attached hydrogens (tertiary/aromatic N) is 3. The van der Waals surface area contributed by atoms with E-state index in [0.29, 0.717) is 0 Å². The number of pyridine rings is 1. The van der Waals surface area contributed by atoms with E-state index < -0.39 is 0 Å². The van der Waals surface area contributed by atoms with Crippen LogP contribution < -0.4 is 5.32 Å². The number of hydrogen-bond donors (Lipinski definition) is 1. The maximum Gasteiger partial charge on any atom is 0.0721 e. The summed E-state index contributed by atoms with van der Waals surface area (Å²) < 4.78 is 1.87. The Bertz CT molecular complexity index is 422. The molecule has 0 atom stereocenters. The molecule has 0 saturated heterocycles. The van der Waals surface area contributed by atoms with E-state index in [1.807, 2.05) is 29.2 Å². The van der Waals surface area contributed by atoms with Crippen molar-refractivity contribution in [2.45, 2.75) is 19.9 Å². The molecule has 4 heteroatoms. The summed E-state index contributed by atoms with van der Waals surface area (Å²) in [5.74, 6) is 0. The van der Waals surface area contributed by atoms with Crippen LogP contribution in [-0.2, 0) is 6.54 Å². The Hall–Kier alpha value is -1.68. The summed E-state index contributed by atoms with van der Waals surface area (Å²) in [6, 6.07) is 3.90. The molecule has 2 heterocycles. The van der Waals surface area contributed by atoms with Crippen LogP contribution in [0.1, 0.15) is 18.9 Å². The van der Waals surface area contributed by atoms with Gasteiger partial charge in [-0.1, -0.05) is 6.92 Å². The Labute approximate surface area is 95.3 Å². The van der Waals surface area contributed by atoms with Crippen LogP contribution in [0.25, 0.3) is 5.69 Å². The van der Waals surface area contributed by atoms with E-state index in [-0.39, 0.29) is 0 Å². The lowest BCUT2D eigenvalue weighted by Crippen LogP contribution is -2.15. The molecule has 0 saturated carbocycles. The number of nitrogens with one attached hydrogen (secondary N) is 1. The Morgan fingerprint density at radius 3 is 3.06 bits per heavy atom. The van der Waals surface area contributed by atoms with Crippen LogP contribution in [0.5, 0.6) is 0 Å². The molecule has 0 aliphatic heterocycles. The topological polar surface area (TPSA) is 42.7 Å². The van der Waals surface area contributed by atoms with Crippen LogP contribution in [0.2, 0.25) is 0 Å². The van der Waals surface area contributed by atoms with Crippen LogP contribution in [0.15, 0.2) is 36.9 Å². The molecule has 0 aliphatic rings. The fourth-order valence-corrected chi connectivity index (χ4v) is 1.59. The monoisotopic (exact) mass is 216 g/mol. The van der Waals surface area contributed by atoms with Crippen LogP contribution in [-0.4, -0.2) is 21.3 Å². The zero-order chi connectivity index (χ0) is 11.2. The van der Waals surface area contributed by atoms with Gasteiger partial charge in [0.15, 0.2) is 0 Å². The van der Waals surface area contributed by atoms with Gasteiger partial charge in [0.2, 0.25) is 0 Å². The first-order valence-electron chi connectivity index (χ1n) is 5.55. The largest absolute Gasteiger partial charge is 0.313 e.